The molecule has 0 saturated carbocycles. The molecule has 0 aliphatic heterocycles. The molecule has 5 nitrogen and oxygen atoms in total. The molecule has 0 aliphatic carbocycles. The lowest BCUT2D eigenvalue weighted by atomic mass is 10.2. The standard InChI is InChI=1S/C20H22FNO4/c1-3-18(20(24)22-16-8-6-15(21)7-9-16)26-19(23)12-13-25-17-10-4-14(2)5-11-17/h4-11,18H,3,12-13H2,1-2H3,(H,22,24)/t18-/m0/s1. The van der Waals surface area contributed by atoms with Gasteiger partial charge >= 0.3 is 5.97 Å². The second kappa shape index (κ2) is 9.56. The first-order chi connectivity index (χ1) is 12.5. The maximum atomic E-state index is 12.9. The zero-order valence-corrected chi connectivity index (χ0v) is 14.8. The predicted octanol–water partition coefficient (Wildman–Crippen LogP) is 3.86. The second-order valence-electron chi connectivity index (χ2n) is 5.79. The molecule has 2 aromatic rings. The topological polar surface area (TPSA) is 64.6 Å². The fraction of sp³-hybridized carbons (Fsp3) is 0.300. The Hall–Kier alpha value is -2.89. The molecule has 6 heteroatoms. The SMILES string of the molecule is CC[C@H](OC(=O)CCOc1ccc(C)cc1)C(=O)Nc1ccc(F)cc1. The summed E-state index contributed by atoms with van der Waals surface area (Å²) >= 11 is 0. The Bertz CT molecular complexity index is 728. The van der Waals surface area contributed by atoms with Gasteiger partial charge in [0.2, 0.25) is 0 Å². The number of carbonyl (C=O) groups is 2. The summed E-state index contributed by atoms with van der Waals surface area (Å²) in [6.45, 7) is 3.88. The normalized spacial score (nSPS) is 11.5. The number of nitrogens with one attached hydrogen (secondary N) is 1. The summed E-state index contributed by atoms with van der Waals surface area (Å²) in [7, 11) is 0. The van der Waals surface area contributed by atoms with Crippen LogP contribution < -0.4 is 10.1 Å². The summed E-state index contributed by atoms with van der Waals surface area (Å²) in [6.07, 6.45) is -0.543. The molecule has 0 unspecified atom stereocenters. The first-order valence-corrected chi connectivity index (χ1v) is 8.43. The van der Waals surface area contributed by atoms with Gasteiger partial charge in [0, 0.05) is 5.69 Å². The fourth-order valence-electron chi connectivity index (χ4n) is 2.18. The third-order valence-corrected chi connectivity index (χ3v) is 3.64. The van der Waals surface area contributed by atoms with Crippen LogP contribution in [0.2, 0.25) is 0 Å². The van der Waals surface area contributed by atoms with Crippen molar-refractivity contribution in [1.29, 1.82) is 0 Å². The molecule has 2 aromatic carbocycles. The van der Waals surface area contributed by atoms with Crippen LogP contribution in [-0.2, 0) is 14.3 Å². The van der Waals surface area contributed by atoms with Gasteiger partial charge in [-0.25, -0.2) is 4.39 Å². The Labute approximate surface area is 152 Å². The van der Waals surface area contributed by atoms with Gasteiger partial charge in [-0.15, -0.1) is 0 Å². The monoisotopic (exact) mass is 359 g/mol. The maximum absolute atomic E-state index is 12.9. The molecule has 26 heavy (non-hydrogen) atoms. The van der Waals surface area contributed by atoms with Crippen LogP contribution in [0.25, 0.3) is 0 Å². The van der Waals surface area contributed by atoms with E-state index in [1.165, 1.54) is 24.3 Å². The average Bonchev–Trinajstić information content (AvgIpc) is 2.63. The van der Waals surface area contributed by atoms with Gasteiger partial charge < -0.3 is 14.8 Å². The van der Waals surface area contributed by atoms with Crippen LogP contribution in [0.3, 0.4) is 0 Å². The van der Waals surface area contributed by atoms with Gasteiger partial charge in [-0.05, 0) is 49.7 Å². The zero-order chi connectivity index (χ0) is 18.9. The Kier molecular flexibility index (Phi) is 7.14. The molecule has 0 aromatic heterocycles. The highest BCUT2D eigenvalue weighted by Crippen LogP contribution is 2.13. The Morgan fingerprint density at radius 2 is 1.73 bits per heavy atom. The van der Waals surface area contributed by atoms with E-state index in [1.807, 2.05) is 31.2 Å². The van der Waals surface area contributed by atoms with Crippen LogP contribution in [0.4, 0.5) is 10.1 Å². The Balaban J connectivity index is 1.78. The zero-order valence-electron chi connectivity index (χ0n) is 14.8. The van der Waals surface area contributed by atoms with E-state index in [0.29, 0.717) is 17.9 Å². The van der Waals surface area contributed by atoms with Gasteiger partial charge in [0.25, 0.3) is 5.91 Å². The van der Waals surface area contributed by atoms with Crippen LogP contribution in [-0.4, -0.2) is 24.6 Å². The van der Waals surface area contributed by atoms with E-state index in [0.717, 1.165) is 5.56 Å². The van der Waals surface area contributed by atoms with E-state index in [2.05, 4.69) is 5.32 Å². The quantitative estimate of drug-likeness (QED) is 0.727. The molecule has 0 radical (unpaired) electrons. The van der Waals surface area contributed by atoms with Gasteiger partial charge in [0.1, 0.15) is 11.6 Å². The van der Waals surface area contributed by atoms with E-state index in [-0.39, 0.29) is 13.0 Å². The van der Waals surface area contributed by atoms with Gasteiger partial charge in [-0.1, -0.05) is 24.6 Å². The number of hydrogen-bond donors (Lipinski definition) is 1. The minimum absolute atomic E-state index is 0.0359. The molecular weight excluding hydrogens is 337 g/mol. The second-order valence-corrected chi connectivity index (χ2v) is 5.79. The van der Waals surface area contributed by atoms with Crippen LogP contribution in [0.15, 0.2) is 48.5 Å². The van der Waals surface area contributed by atoms with Gasteiger partial charge in [0.05, 0.1) is 13.0 Å². The van der Waals surface area contributed by atoms with E-state index in [9.17, 15) is 14.0 Å². The first-order valence-electron chi connectivity index (χ1n) is 8.43. The number of anilines is 1. The highest BCUT2D eigenvalue weighted by Gasteiger charge is 2.21. The number of benzene rings is 2. The lowest BCUT2D eigenvalue weighted by molar-refractivity contribution is -0.154. The van der Waals surface area contributed by atoms with Crippen molar-refractivity contribution in [1.82, 2.24) is 0 Å². The van der Waals surface area contributed by atoms with E-state index >= 15 is 0 Å². The molecule has 138 valence electrons. The van der Waals surface area contributed by atoms with Gasteiger partial charge in [0.15, 0.2) is 6.10 Å². The lowest BCUT2D eigenvalue weighted by Gasteiger charge is -2.16. The third kappa shape index (κ3) is 6.20. The molecule has 1 atom stereocenters. The lowest BCUT2D eigenvalue weighted by Crippen LogP contribution is -2.32. The number of halogens is 1. The van der Waals surface area contributed by atoms with E-state index in [1.54, 1.807) is 6.92 Å². The number of carbonyl (C=O) groups excluding carboxylic acids is 2. The molecule has 1 N–H and O–H groups in total. The van der Waals surface area contributed by atoms with Crippen molar-refractivity contribution in [2.45, 2.75) is 32.8 Å². The summed E-state index contributed by atoms with van der Waals surface area (Å²) < 4.78 is 23.6. The van der Waals surface area contributed by atoms with Crippen molar-refractivity contribution in [2.75, 3.05) is 11.9 Å². The molecular formula is C20H22FNO4. The van der Waals surface area contributed by atoms with Crippen molar-refractivity contribution in [3.05, 3.63) is 59.9 Å². The minimum atomic E-state index is -0.910. The van der Waals surface area contributed by atoms with Crippen LogP contribution in [0.1, 0.15) is 25.3 Å². The summed E-state index contributed by atoms with van der Waals surface area (Å²) in [4.78, 5) is 24.1. The largest absolute Gasteiger partial charge is 0.493 e. The summed E-state index contributed by atoms with van der Waals surface area (Å²) in [5.41, 5.74) is 1.56. The van der Waals surface area contributed by atoms with E-state index < -0.39 is 23.8 Å². The molecule has 0 spiro atoms. The van der Waals surface area contributed by atoms with Crippen molar-refractivity contribution in [3.63, 3.8) is 0 Å². The van der Waals surface area contributed by atoms with Crippen molar-refractivity contribution in [3.8, 4) is 5.75 Å². The van der Waals surface area contributed by atoms with Crippen molar-refractivity contribution < 1.29 is 23.5 Å². The summed E-state index contributed by atoms with van der Waals surface area (Å²) in [5.74, 6) is -0.690. The molecule has 1 amide bonds. The number of rotatable bonds is 8. The van der Waals surface area contributed by atoms with Gasteiger partial charge in [-0.3, -0.25) is 9.59 Å². The van der Waals surface area contributed by atoms with E-state index in [4.69, 9.17) is 9.47 Å². The maximum Gasteiger partial charge on any atom is 0.310 e. The highest BCUT2D eigenvalue weighted by atomic mass is 19.1. The predicted molar refractivity (Wildman–Crippen MR) is 96.5 cm³/mol. The molecule has 2 rings (SSSR count). The Morgan fingerprint density at radius 3 is 2.35 bits per heavy atom. The number of esters is 1. The van der Waals surface area contributed by atoms with Crippen molar-refractivity contribution in [2.24, 2.45) is 0 Å². The molecule has 0 aliphatic rings. The minimum Gasteiger partial charge on any atom is -0.493 e. The summed E-state index contributed by atoms with van der Waals surface area (Å²) in [5, 5.41) is 2.60. The number of amides is 1. The summed E-state index contributed by atoms with van der Waals surface area (Å²) in [6, 6.07) is 12.8. The van der Waals surface area contributed by atoms with Crippen molar-refractivity contribution >= 4 is 17.6 Å². The molecule has 0 heterocycles. The highest BCUT2D eigenvalue weighted by molar-refractivity contribution is 5.95. The first kappa shape index (κ1) is 19.4. The molecule has 0 bridgehead atoms. The average molecular weight is 359 g/mol. The molecule has 0 saturated heterocycles. The Morgan fingerprint density at radius 1 is 1.08 bits per heavy atom. The van der Waals surface area contributed by atoms with Crippen LogP contribution in [0, 0.1) is 12.7 Å². The number of hydrogen-bond acceptors (Lipinski definition) is 4. The fourth-order valence-corrected chi connectivity index (χ4v) is 2.18. The molecule has 0 fully saturated rings. The smallest absolute Gasteiger partial charge is 0.310 e. The third-order valence-electron chi connectivity index (χ3n) is 3.64. The number of ether oxygens (including phenoxy) is 2. The van der Waals surface area contributed by atoms with Gasteiger partial charge in [-0.2, -0.15) is 0 Å². The number of aryl methyl sites for hydroxylation is 1. The van der Waals surface area contributed by atoms with Crippen LogP contribution in [0.5, 0.6) is 5.75 Å². The van der Waals surface area contributed by atoms with Crippen LogP contribution >= 0.6 is 0 Å².